The first-order valence-corrected chi connectivity index (χ1v) is 2.45. The quantitative estimate of drug-likeness (QED) is 0.428. The van der Waals surface area contributed by atoms with Gasteiger partial charge in [0, 0.05) is 17.1 Å². The van der Waals surface area contributed by atoms with Crippen LogP contribution < -0.4 is 0 Å². The Hall–Kier alpha value is -1.47. The SMILES string of the molecule is O=[N+]([O-])c1cnc([N+](=O)[O-])[nH]1.[Mn]. The van der Waals surface area contributed by atoms with Gasteiger partial charge in [-0.15, -0.1) is 0 Å². The molecule has 1 aromatic heterocycles. The van der Waals surface area contributed by atoms with E-state index >= 15 is 0 Å². The van der Waals surface area contributed by atoms with E-state index in [1.54, 1.807) is 0 Å². The summed E-state index contributed by atoms with van der Waals surface area (Å²) in [5, 5.41) is 19.9. The van der Waals surface area contributed by atoms with Crippen LogP contribution in [0.2, 0.25) is 0 Å². The molecule has 0 saturated carbocycles. The van der Waals surface area contributed by atoms with Gasteiger partial charge in [-0.2, -0.15) is 4.98 Å². The van der Waals surface area contributed by atoms with Crippen molar-refractivity contribution in [2.45, 2.75) is 0 Å². The molecule has 65 valence electrons. The van der Waals surface area contributed by atoms with Crippen molar-refractivity contribution in [1.29, 1.82) is 0 Å². The fourth-order valence-corrected chi connectivity index (χ4v) is 0.487. The van der Waals surface area contributed by atoms with Crippen molar-refractivity contribution < 1.29 is 26.9 Å². The van der Waals surface area contributed by atoms with Crippen LogP contribution in [0.1, 0.15) is 0 Å². The molecule has 0 aromatic carbocycles. The summed E-state index contributed by atoms with van der Waals surface area (Å²) in [5.74, 6) is -1.12. The summed E-state index contributed by atoms with van der Waals surface area (Å²) in [6.45, 7) is 0. The zero-order valence-corrected chi connectivity index (χ0v) is 6.61. The first kappa shape index (κ1) is 10.5. The molecule has 1 rings (SSSR count). The number of H-pyrrole nitrogens is 1. The van der Waals surface area contributed by atoms with Crippen LogP contribution in [0.5, 0.6) is 0 Å². The predicted molar refractivity (Wildman–Crippen MR) is 31.9 cm³/mol. The molecule has 0 saturated heterocycles. The number of imidazole rings is 1. The molecule has 1 N–H and O–H groups in total. The van der Waals surface area contributed by atoms with Crippen LogP contribution in [0.4, 0.5) is 11.8 Å². The fraction of sp³-hybridized carbons (Fsp3) is 0. The maximum absolute atomic E-state index is 9.95. The molecule has 0 bridgehead atoms. The Morgan fingerprint density at radius 2 is 1.92 bits per heavy atom. The minimum Gasteiger partial charge on any atom is -0.390 e. The molecule has 0 fully saturated rings. The van der Waals surface area contributed by atoms with Gasteiger partial charge in [0.1, 0.15) is 0 Å². The van der Waals surface area contributed by atoms with Gasteiger partial charge in [-0.1, -0.05) is 4.98 Å². The van der Waals surface area contributed by atoms with E-state index in [4.69, 9.17) is 0 Å². The molecule has 8 nitrogen and oxygen atoms in total. The van der Waals surface area contributed by atoms with Crippen molar-refractivity contribution in [3.8, 4) is 0 Å². The molecule has 1 radical (unpaired) electrons. The van der Waals surface area contributed by atoms with Crippen molar-refractivity contribution in [3.63, 3.8) is 0 Å². The third-order valence-electron chi connectivity index (χ3n) is 0.919. The first-order chi connectivity index (χ1) is 5.11. The molecule has 1 heterocycles. The van der Waals surface area contributed by atoms with E-state index < -0.39 is 21.6 Å². The fourth-order valence-electron chi connectivity index (χ4n) is 0.487. The summed E-state index contributed by atoms with van der Waals surface area (Å²) >= 11 is 0. The zero-order chi connectivity index (χ0) is 8.43. The third kappa shape index (κ3) is 2.01. The predicted octanol–water partition coefficient (Wildman–Crippen LogP) is 0.224. The largest absolute Gasteiger partial charge is 0.435 e. The second kappa shape index (κ2) is 3.79. The number of rotatable bonds is 2. The monoisotopic (exact) mass is 213 g/mol. The average Bonchev–Trinajstić information content (AvgIpc) is 2.33. The molecular weight excluding hydrogens is 211 g/mol. The van der Waals surface area contributed by atoms with Gasteiger partial charge in [-0.05, 0) is 9.85 Å². The van der Waals surface area contributed by atoms with Gasteiger partial charge >= 0.3 is 11.8 Å². The van der Waals surface area contributed by atoms with Gasteiger partial charge < -0.3 is 20.2 Å². The molecule has 0 aliphatic heterocycles. The average molecular weight is 213 g/mol. The maximum atomic E-state index is 9.95. The van der Waals surface area contributed by atoms with E-state index in [0.29, 0.717) is 0 Å². The van der Waals surface area contributed by atoms with Crippen LogP contribution in [0.15, 0.2) is 6.20 Å². The van der Waals surface area contributed by atoms with Crippen LogP contribution >= 0.6 is 0 Å². The van der Waals surface area contributed by atoms with Crippen molar-refractivity contribution >= 4 is 11.8 Å². The number of hydrogen-bond acceptors (Lipinski definition) is 5. The van der Waals surface area contributed by atoms with E-state index in [1.165, 1.54) is 0 Å². The van der Waals surface area contributed by atoms with E-state index in [2.05, 4.69) is 4.98 Å². The number of nitrogens with zero attached hydrogens (tertiary/aromatic N) is 3. The summed E-state index contributed by atoms with van der Waals surface area (Å²) in [7, 11) is 0. The van der Waals surface area contributed by atoms with Gasteiger partial charge in [-0.25, -0.2) is 0 Å². The Balaban J connectivity index is 0.00000121. The molecule has 0 amide bonds. The van der Waals surface area contributed by atoms with Crippen LogP contribution in [0.3, 0.4) is 0 Å². The van der Waals surface area contributed by atoms with Crippen molar-refractivity contribution in [1.82, 2.24) is 9.97 Å². The number of aromatic nitrogens is 2. The van der Waals surface area contributed by atoms with Crippen LogP contribution in [-0.4, -0.2) is 19.8 Å². The zero-order valence-electron chi connectivity index (χ0n) is 5.43. The van der Waals surface area contributed by atoms with Gasteiger partial charge in [0.25, 0.3) is 0 Å². The van der Waals surface area contributed by atoms with Crippen LogP contribution in [0.25, 0.3) is 0 Å². The van der Waals surface area contributed by atoms with Gasteiger partial charge in [0.2, 0.25) is 0 Å². The normalized spacial score (nSPS) is 8.67. The Bertz CT molecular complexity index is 281. The Kier molecular flexibility index (Phi) is 3.32. The molecule has 9 heteroatoms. The molecule has 0 aliphatic carbocycles. The smallest absolute Gasteiger partial charge is 0.390 e. The molecule has 0 aliphatic rings. The molecule has 1 aromatic rings. The second-order valence-electron chi connectivity index (χ2n) is 1.61. The van der Waals surface area contributed by atoms with Crippen molar-refractivity contribution in [3.05, 3.63) is 26.4 Å². The van der Waals surface area contributed by atoms with Crippen LogP contribution in [-0.2, 0) is 17.1 Å². The second-order valence-corrected chi connectivity index (χ2v) is 1.61. The van der Waals surface area contributed by atoms with E-state index in [0.717, 1.165) is 6.20 Å². The van der Waals surface area contributed by atoms with Crippen molar-refractivity contribution in [2.75, 3.05) is 0 Å². The van der Waals surface area contributed by atoms with E-state index in [-0.39, 0.29) is 17.1 Å². The summed E-state index contributed by atoms with van der Waals surface area (Å²) in [6, 6.07) is 0. The van der Waals surface area contributed by atoms with Gasteiger partial charge in [0.05, 0.1) is 0 Å². The topological polar surface area (TPSA) is 115 Å². The minimum absolute atomic E-state index is 0. The third-order valence-corrected chi connectivity index (χ3v) is 0.919. The Labute approximate surface area is 75.8 Å². The van der Waals surface area contributed by atoms with Gasteiger partial charge in [0.15, 0.2) is 6.20 Å². The molecular formula is C3H2MnN4O4. The first-order valence-electron chi connectivity index (χ1n) is 2.45. The molecule has 0 unspecified atom stereocenters. The summed E-state index contributed by atoms with van der Waals surface area (Å²) in [5.41, 5.74) is 0. The minimum atomic E-state index is -0.840. The number of aromatic amines is 1. The summed E-state index contributed by atoms with van der Waals surface area (Å²) in [4.78, 5) is 23.3. The Morgan fingerprint density at radius 1 is 1.33 bits per heavy atom. The number of nitro groups is 2. The Morgan fingerprint density at radius 3 is 2.17 bits per heavy atom. The number of nitrogens with one attached hydrogen (secondary N) is 1. The molecule has 0 spiro atoms. The standard InChI is InChI=1S/C3H2N4O4.Mn/c8-6(9)2-1-4-3(5-2)7(10)11;/h1H,(H,4,5);. The summed E-state index contributed by atoms with van der Waals surface area (Å²) < 4.78 is 0. The van der Waals surface area contributed by atoms with Gasteiger partial charge in [-0.3, -0.25) is 0 Å². The van der Waals surface area contributed by atoms with Crippen molar-refractivity contribution in [2.24, 2.45) is 0 Å². The van der Waals surface area contributed by atoms with E-state index in [1.807, 2.05) is 4.98 Å². The molecule has 12 heavy (non-hydrogen) atoms. The maximum Gasteiger partial charge on any atom is 0.435 e. The summed E-state index contributed by atoms with van der Waals surface area (Å²) in [6.07, 6.45) is 0.790. The number of hydrogen-bond donors (Lipinski definition) is 1. The molecule has 0 atom stereocenters. The van der Waals surface area contributed by atoms with E-state index in [9.17, 15) is 20.2 Å². The van der Waals surface area contributed by atoms with Crippen LogP contribution in [0, 0.1) is 20.2 Å².